The highest BCUT2D eigenvalue weighted by atomic mass is 79.9. The third-order valence-electron chi connectivity index (χ3n) is 3.79. The number of ether oxygens (including phenoxy) is 2. The summed E-state index contributed by atoms with van der Waals surface area (Å²) in [5, 5.41) is 7.94. The monoisotopic (exact) mass is 388 g/mol. The van der Waals surface area contributed by atoms with Crippen molar-refractivity contribution in [1.29, 1.82) is 0 Å². The number of halogens is 1. The number of nitrogens with one attached hydrogen (secondary N) is 1. The Labute approximate surface area is 148 Å². The SMILES string of the molecule is COc1ccc(CCC(=O)OCc2cccc3cn[nH]c23)cc1Br. The zero-order valence-corrected chi connectivity index (χ0v) is 14.8. The van der Waals surface area contributed by atoms with E-state index in [-0.39, 0.29) is 12.6 Å². The molecule has 0 atom stereocenters. The Morgan fingerprint density at radius 2 is 2.17 bits per heavy atom. The van der Waals surface area contributed by atoms with Gasteiger partial charge in [0.05, 0.1) is 23.3 Å². The number of H-pyrrole nitrogens is 1. The number of fused-ring (bicyclic) bond motifs is 1. The van der Waals surface area contributed by atoms with Gasteiger partial charge >= 0.3 is 5.97 Å². The second-order valence-electron chi connectivity index (χ2n) is 5.38. The van der Waals surface area contributed by atoms with Gasteiger partial charge in [-0.1, -0.05) is 24.3 Å². The Morgan fingerprint density at radius 1 is 1.29 bits per heavy atom. The zero-order chi connectivity index (χ0) is 16.9. The Hall–Kier alpha value is -2.34. The molecule has 0 radical (unpaired) electrons. The molecule has 24 heavy (non-hydrogen) atoms. The highest BCUT2D eigenvalue weighted by Crippen LogP contribution is 2.26. The standard InChI is InChI=1S/C18H17BrN2O3/c1-23-16-7-5-12(9-15(16)19)6-8-17(22)24-11-14-4-2-3-13-10-20-21-18(13)14/h2-5,7,9-10H,6,8,11H2,1H3,(H,20,21). The molecule has 0 saturated carbocycles. The molecule has 2 aromatic carbocycles. The van der Waals surface area contributed by atoms with Crippen molar-refractivity contribution in [2.45, 2.75) is 19.4 Å². The van der Waals surface area contributed by atoms with E-state index in [0.29, 0.717) is 12.8 Å². The van der Waals surface area contributed by atoms with Gasteiger partial charge in [-0.2, -0.15) is 5.10 Å². The van der Waals surface area contributed by atoms with Crippen LogP contribution in [-0.2, 0) is 22.6 Å². The lowest BCUT2D eigenvalue weighted by molar-refractivity contribution is -0.144. The fourth-order valence-corrected chi connectivity index (χ4v) is 3.08. The van der Waals surface area contributed by atoms with Gasteiger partial charge in [0.2, 0.25) is 0 Å². The number of benzene rings is 2. The zero-order valence-electron chi connectivity index (χ0n) is 13.2. The van der Waals surface area contributed by atoms with Gasteiger partial charge in [0.15, 0.2) is 0 Å². The summed E-state index contributed by atoms with van der Waals surface area (Å²) >= 11 is 3.44. The minimum Gasteiger partial charge on any atom is -0.496 e. The molecule has 0 aliphatic heterocycles. The average Bonchev–Trinajstić information content (AvgIpc) is 3.07. The second kappa shape index (κ2) is 7.49. The van der Waals surface area contributed by atoms with Crippen LogP contribution >= 0.6 is 15.9 Å². The summed E-state index contributed by atoms with van der Waals surface area (Å²) in [6.07, 6.45) is 2.70. The van der Waals surface area contributed by atoms with Gasteiger partial charge in [0, 0.05) is 17.4 Å². The molecule has 0 aliphatic rings. The summed E-state index contributed by atoms with van der Waals surface area (Å²) in [5.74, 6) is 0.549. The molecule has 0 saturated heterocycles. The quantitative estimate of drug-likeness (QED) is 0.647. The van der Waals surface area contributed by atoms with Crippen molar-refractivity contribution in [1.82, 2.24) is 10.2 Å². The molecule has 0 bridgehead atoms. The third kappa shape index (κ3) is 3.76. The number of aryl methyl sites for hydroxylation is 1. The lowest BCUT2D eigenvalue weighted by Crippen LogP contribution is -2.06. The van der Waals surface area contributed by atoms with Gasteiger partial charge in [-0.3, -0.25) is 9.89 Å². The Morgan fingerprint density at radius 3 is 2.96 bits per heavy atom. The number of carbonyl (C=O) groups excluding carboxylic acids is 1. The maximum absolute atomic E-state index is 12.0. The number of para-hydroxylation sites is 1. The molecule has 1 aromatic heterocycles. The highest BCUT2D eigenvalue weighted by Gasteiger charge is 2.08. The van der Waals surface area contributed by atoms with E-state index >= 15 is 0 Å². The van der Waals surface area contributed by atoms with E-state index in [4.69, 9.17) is 9.47 Å². The number of aromatic amines is 1. The predicted molar refractivity (Wildman–Crippen MR) is 94.9 cm³/mol. The summed E-state index contributed by atoms with van der Waals surface area (Å²) in [6, 6.07) is 11.6. The third-order valence-corrected chi connectivity index (χ3v) is 4.41. The van der Waals surface area contributed by atoms with Gasteiger partial charge in [0.25, 0.3) is 0 Å². The lowest BCUT2D eigenvalue weighted by Gasteiger charge is -2.08. The normalized spacial score (nSPS) is 10.8. The first-order valence-corrected chi connectivity index (χ1v) is 8.35. The predicted octanol–water partition coefficient (Wildman–Crippen LogP) is 4.01. The first kappa shape index (κ1) is 16.5. The van der Waals surface area contributed by atoms with Crippen molar-refractivity contribution in [2.24, 2.45) is 0 Å². The fourth-order valence-electron chi connectivity index (χ4n) is 2.49. The van der Waals surface area contributed by atoms with Crippen LogP contribution in [0.4, 0.5) is 0 Å². The summed E-state index contributed by atoms with van der Waals surface area (Å²) in [7, 11) is 1.62. The second-order valence-corrected chi connectivity index (χ2v) is 6.24. The molecule has 0 fully saturated rings. The van der Waals surface area contributed by atoms with Crippen LogP contribution in [0.3, 0.4) is 0 Å². The van der Waals surface area contributed by atoms with Crippen LogP contribution in [0, 0.1) is 0 Å². The van der Waals surface area contributed by atoms with Crippen molar-refractivity contribution in [3.05, 3.63) is 58.2 Å². The number of esters is 1. The molecular weight excluding hydrogens is 372 g/mol. The molecule has 5 nitrogen and oxygen atoms in total. The lowest BCUT2D eigenvalue weighted by atomic mass is 10.1. The van der Waals surface area contributed by atoms with E-state index in [1.807, 2.05) is 36.4 Å². The number of rotatable bonds is 6. The molecule has 124 valence electrons. The van der Waals surface area contributed by atoms with E-state index < -0.39 is 0 Å². The summed E-state index contributed by atoms with van der Waals surface area (Å²) < 4.78 is 11.5. The van der Waals surface area contributed by atoms with Gasteiger partial charge in [-0.25, -0.2) is 0 Å². The largest absolute Gasteiger partial charge is 0.496 e. The molecular formula is C18H17BrN2O3. The molecule has 3 aromatic rings. The fraction of sp³-hybridized carbons (Fsp3) is 0.222. The summed E-state index contributed by atoms with van der Waals surface area (Å²) in [6.45, 7) is 0.241. The Bertz CT molecular complexity index is 860. The van der Waals surface area contributed by atoms with Crippen LogP contribution < -0.4 is 4.74 Å². The minimum atomic E-state index is -0.224. The van der Waals surface area contributed by atoms with E-state index in [9.17, 15) is 4.79 Å². The molecule has 6 heteroatoms. The van der Waals surface area contributed by atoms with E-state index in [1.165, 1.54) is 0 Å². The van der Waals surface area contributed by atoms with Crippen LogP contribution in [0.25, 0.3) is 10.9 Å². The number of hydrogen-bond donors (Lipinski definition) is 1. The molecule has 0 spiro atoms. The molecule has 0 unspecified atom stereocenters. The van der Waals surface area contributed by atoms with E-state index in [1.54, 1.807) is 13.3 Å². The van der Waals surface area contributed by atoms with Crippen LogP contribution in [0.2, 0.25) is 0 Å². The van der Waals surface area contributed by atoms with Gasteiger partial charge < -0.3 is 9.47 Å². The first-order valence-electron chi connectivity index (χ1n) is 7.56. The maximum atomic E-state index is 12.0. The summed E-state index contributed by atoms with van der Waals surface area (Å²) in [5.41, 5.74) is 2.88. The smallest absolute Gasteiger partial charge is 0.306 e. The van der Waals surface area contributed by atoms with Crippen molar-refractivity contribution < 1.29 is 14.3 Å². The maximum Gasteiger partial charge on any atom is 0.306 e. The van der Waals surface area contributed by atoms with Crippen molar-refractivity contribution in [3.63, 3.8) is 0 Å². The Balaban J connectivity index is 1.54. The number of carbonyl (C=O) groups is 1. The van der Waals surface area contributed by atoms with Crippen molar-refractivity contribution in [3.8, 4) is 5.75 Å². The summed E-state index contributed by atoms with van der Waals surface area (Å²) in [4.78, 5) is 12.0. The van der Waals surface area contributed by atoms with Gasteiger partial charge in [-0.15, -0.1) is 0 Å². The molecule has 0 amide bonds. The minimum absolute atomic E-state index is 0.224. The van der Waals surface area contributed by atoms with Crippen molar-refractivity contribution in [2.75, 3.05) is 7.11 Å². The molecule has 3 rings (SSSR count). The number of methoxy groups -OCH3 is 1. The van der Waals surface area contributed by atoms with Gasteiger partial charge in [-0.05, 0) is 40.0 Å². The Kier molecular flexibility index (Phi) is 5.15. The number of aromatic nitrogens is 2. The van der Waals surface area contributed by atoms with E-state index in [2.05, 4.69) is 26.1 Å². The average molecular weight is 389 g/mol. The number of hydrogen-bond acceptors (Lipinski definition) is 4. The van der Waals surface area contributed by atoms with Crippen LogP contribution in [0.15, 0.2) is 47.1 Å². The first-order chi connectivity index (χ1) is 11.7. The van der Waals surface area contributed by atoms with Crippen molar-refractivity contribution >= 4 is 32.8 Å². The molecule has 1 N–H and O–H groups in total. The molecule has 1 heterocycles. The van der Waals surface area contributed by atoms with Crippen LogP contribution in [0.5, 0.6) is 5.75 Å². The van der Waals surface area contributed by atoms with Crippen LogP contribution in [-0.4, -0.2) is 23.3 Å². The van der Waals surface area contributed by atoms with Crippen LogP contribution in [0.1, 0.15) is 17.5 Å². The topological polar surface area (TPSA) is 64.2 Å². The molecule has 0 aliphatic carbocycles. The van der Waals surface area contributed by atoms with E-state index in [0.717, 1.165) is 32.3 Å². The number of nitrogens with zero attached hydrogens (tertiary/aromatic N) is 1. The van der Waals surface area contributed by atoms with Gasteiger partial charge in [0.1, 0.15) is 12.4 Å². The highest BCUT2D eigenvalue weighted by molar-refractivity contribution is 9.10.